The number of furan rings is 1. The molecular weight excluding hydrogens is 238 g/mol. The van der Waals surface area contributed by atoms with Crippen molar-refractivity contribution in [2.75, 3.05) is 6.54 Å². The number of aromatic nitrogens is 2. The van der Waals surface area contributed by atoms with Crippen LogP contribution in [0.3, 0.4) is 0 Å². The van der Waals surface area contributed by atoms with Crippen molar-refractivity contribution in [2.24, 2.45) is 0 Å². The van der Waals surface area contributed by atoms with Crippen molar-refractivity contribution in [1.82, 2.24) is 14.9 Å². The first kappa shape index (κ1) is 13.9. The quantitative estimate of drug-likeness (QED) is 0.779. The van der Waals surface area contributed by atoms with E-state index in [0.717, 1.165) is 49.8 Å². The fraction of sp³-hybridized carbons (Fsp3) is 0.533. The van der Waals surface area contributed by atoms with Gasteiger partial charge >= 0.3 is 0 Å². The second-order valence-corrected chi connectivity index (χ2v) is 4.80. The monoisotopic (exact) mass is 261 g/mol. The van der Waals surface area contributed by atoms with Gasteiger partial charge in [-0.15, -0.1) is 0 Å². The molecule has 2 aromatic rings. The molecule has 0 radical (unpaired) electrons. The minimum atomic E-state index is 0.805. The lowest BCUT2D eigenvalue weighted by atomic mass is 10.2. The molecule has 0 aliphatic carbocycles. The molecule has 4 nitrogen and oxygen atoms in total. The highest BCUT2D eigenvalue weighted by Crippen LogP contribution is 2.16. The van der Waals surface area contributed by atoms with E-state index in [0.29, 0.717) is 0 Å². The summed E-state index contributed by atoms with van der Waals surface area (Å²) in [6.45, 7) is 8.99. The van der Waals surface area contributed by atoms with Crippen LogP contribution in [-0.4, -0.2) is 16.1 Å². The van der Waals surface area contributed by atoms with E-state index in [1.54, 1.807) is 0 Å². The van der Waals surface area contributed by atoms with E-state index in [-0.39, 0.29) is 0 Å². The van der Waals surface area contributed by atoms with Crippen LogP contribution >= 0.6 is 0 Å². The minimum Gasteiger partial charge on any atom is -0.465 e. The molecule has 0 amide bonds. The standard InChI is InChI=1S/C15H23N3O/c1-4-6-16-10-14-9-13(12(3)19-14)11-18-8-7-17-15(18)5-2/h7-9,16H,4-6,10-11H2,1-3H3. The van der Waals surface area contributed by atoms with Crippen molar-refractivity contribution in [1.29, 1.82) is 0 Å². The molecule has 0 unspecified atom stereocenters. The molecule has 0 spiro atoms. The van der Waals surface area contributed by atoms with Gasteiger partial charge in [-0.05, 0) is 26.0 Å². The number of imidazole rings is 1. The summed E-state index contributed by atoms with van der Waals surface area (Å²) in [6.07, 6.45) is 5.98. The van der Waals surface area contributed by atoms with Gasteiger partial charge in [0, 0.05) is 24.4 Å². The molecule has 2 aromatic heterocycles. The second-order valence-electron chi connectivity index (χ2n) is 4.80. The van der Waals surface area contributed by atoms with Gasteiger partial charge in [0.05, 0.1) is 13.1 Å². The summed E-state index contributed by atoms with van der Waals surface area (Å²) in [6, 6.07) is 2.15. The molecule has 19 heavy (non-hydrogen) atoms. The fourth-order valence-corrected chi connectivity index (χ4v) is 2.20. The van der Waals surface area contributed by atoms with Crippen LogP contribution in [0.25, 0.3) is 0 Å². The van der Waals surface area contributed by atoms with Gasteiger partial charge in [-0.25, -0.2) is 4.98 Å². The Morgan fingerprint density at radius 3 is 2.95 bits per heavy atom. The maximum absolute atomic E-state index is 5.79. The van der Waals surface area contributed by atoms with Crippen molar-refractivity contribution in [3.8, 4) is 0 Å². The highest BCUT2D eigenvalue weighted by Gasteiger charge is 2.09. The van der Waals surface area contributed by atoms with Crippen molar-refractivity contribution >= 4 is 0 Å². The van der Waals surface area contributed by atoms with Crippen LogP contribution in [0.5, 0.6) is 0 Å². The number of aryl methyl sites for hydroxylation is 2. The van der Waals surface area contributed by atoms with Gasteiger partial charge in [-0.2, -0.15) is 0 Å². The first-order valence-electron chi connectivity index (χ1n) is 7.03. The number of hydrogen-bond acceptors (Lipinski definition) is 3. The molecule has 0 bridgehead atoms. The number of hydrogen-bond donors (Lipinski definition) is 1. The third-order valence-corrected chi connectivity index (χ3v) is 3.26. The van der Waals surface area contributed by atoms with Gasteiger partial charge in [0.15, 0.2) is 0 Å². The molecule has 0 saturated carbocycles. The van der Waals surface area contributed by atoms with Gasteiger partial charge in [0.1, 0.15) is 17.3 Å². The Balaban J connectivity index is 2.04. The molecule has 0 atom stereocenters. The lowest BCUT2D eigenvalue weighted by Gasteiger charge is -2.04. The average molecular weight is 261 g/mol. The van der Waals surface area contributed by atoms with Gasteiger partial charge < -0.3 is 14.3 Å². The van der Waals surface area contributed by atoms with E-state index in [1.165, 1.54) is 5.56 Å². The summed E-state index contributed by atoms with van der Waals surface area (Å²) in [4.78, 5) is 4.35. The van der Waals surface area contributed by atoms with Crippen LogP contribution in [0, 0.1) is 6.92 Å². The first-order valence-corrected chi connectivity index (χ1v) is 7.03. The van der Waals surface area contributed by atoms with Crippen molar-refractivity contribution in [3.63, 3.8) is 0 Å². The van der Waals surface area contributed by atoms with E-state index in [1.807, 2.05) is 19.3 Å². The molecule has 4 heteroatoms. The zero-order chi connectivity index (χ0) is 13.7. The van der Waals surface area contributed by atoms with Crippen molar-refractivity contribution in [2.45, 2.75) is 46.7 Å². The van der Waals surface area contributed by atoms with Gasteiger partial charge in [-0.1, -0.05) is 13.8 Å². The molecule has 0 aliphatic heterocycles. The highest BCUT2D eigenvalue weighted by molar-refractivity contribution is 5.21. The number of rotatable bonds is 7. The van der Waals surface area contributed by atoms with Gasteiger partial charge in [0.25, 0.3) is 0 Å². The predicted molar refractivity (Wildman–Crippen MR) is 76.1 cm³/mol. The summed E-state index contributed by atoms with van der Waals surface area (Å²) >= 11 is 0. The van der Waals surface area contributed by atoms with Crippen molar-refractivity contribution < 1.29 is 4.42 Å². The summed E-state index contributed by atoms with van der Waals surface area (Å²) in [5.41, 5.74) is 1.24. The molecule has 0 aliphatic rings. The largest absolute Gasteiger partial charge is 0.465 e. The van der Waals surface area contributed by atoms with Crippen LogP contribution in [0.2, 0.25) is 0 Å². The molecule has 0 saturated heterocycles. The Hall–Kier alpha value is -1.55. The topological polar surface area (TPSA) is 43.0 Å². The fourth-order valence-electron chi connectivity index (χ4n) is 2.20. The third kappa shape index (κ3) is 3.47. The van der Waals surface area contributed by atoms with Crippen LogP contribution in [0.1, 0.15) is 43.2 Å². The zero-order valence-electron chi connectivity index (χ0n) is 12.1. The summed E-state index contributed by atoms with van der Waals surface area (Å²) in [5.74, 6) is 3.13. The Morgan fingerprint density at radius 1 is 1.37 bits per heavy atom. The smallest absolute Gasteiger partial charge is 0.118 e. The molecule has 2 heterocycles. The molecular formula is C15H23N3O. The van der Waals surface area contributed by atoms with Crippen molar-refractivity contribution in [3.05, 3.63) is 41.4 Å². The summed E-state index contributed by atoms with van der Waals surface area (Å²) in [5, 5.41) is 3.36. The third-order valence-electron chi connectivity index (χ3n) is 3.26. The molecule has 1 N–H and O–H groups in total. The number of nitrogens with one attached hydrogen (secondary N) is 1. The maximum atomic E-state index is 5.79. The van der Waals surface area contributed by atoms with Gasteiger partial charge in [-0.3, -0.25) is 0 Å². The molecule has 0 aromatic carbocycles. The average Bonchev–Trinajstić information content (AvgIpc) is 2.98. The zero-order valence-corrected chi connectivity index (χ0v) is 12.1. The van der Waals surface area contributed by atoms with E-state index in [2.05, 4.69) is 34.8 Å². The predicted octanol–water partition coefficient (Wildman–Crippen LogP) is 2.89. The SMILES string of the molecule is CCCNCc1cc(Cn2ccnc2CC)c(C)o1. The summed E-state index contributed by atoms with van der Waals surface area (Å²) in [7, 11) is 0. The van der Waals surface area contributed by atoms with E-state index >= 15 is 0 Å². The van der Waals surface area contributed by atoms with Crippen LogP contribution in [-0.2, 0) is 19.5 Å². The maximum Gasteiger partial charge on any atom is 0.118 e. The lowest BCUT2D eigenvalue weighted by Crippen LogP contribution is -2.13. The van der Waals surface area contributed by atoms with E-state index in [4.69, 9.17) is 4.42 Å². The highest BCUT2D eigenvalue weighted by atomic mass is 16.3. The molecule has 2 rings (SSSR count). The normalized spacial score (nSPS) is 11.1. The molecule has 0 fully saturated rings. The van der Waals surface area contributed by atoms with E-state index < -0.39 is 0 Å². The first-order chi connectivity index (χ1) is 9.24. The minimum absolute atomic E-state index is 0.805. The van der Waals surface area contributed by atoms with Crippen LogP contribution < -0.4 is 5.32 Å². The van der Waals surface area contributed by atoms with Crippen LogP contribution in [0.15, 0.2) is 22.9 Å². The van der Waals surface area contributed by atoms with E-state index in [9.17, 15) is 0 Å². The lowest BCUT2D eigenvalue weighted by molar-refractivity contribution is 0.459. The Bertz CT molecular complexity index is 513. The second kappa shape index (κ2) is 6.57. The Morgan fingerprint density at radius 2 is 2.21 bits per heavy atom. The van der Waals surface area contributed by atoms with Crippen LogP contribution in [0.4, 0.5) is 0 Å². The Labute approximate surface area is 114 Å². The van der Waals surface area contributed by atoms with Gasteiger partial charge in [0.2, 0.25) is 0 Å². The Kier molecular flexibility index (Phi) is 4.80. The molecule has 104 valence electrons. The number of nitrogens with zero attached hydrogens (tertiary/aromatic N) is 2. The summed E-state index contributed by atoms with van der Waals surface area (Å²) < 4.78 is 7.97.